The van der Waals surface area contributed by atoms with Crippen LogP contribution in [0.4, 0.5) is 0 Å². The van der Waals surface area contributed by atoms with Crippen LogP contribution in [0.2, 0.25) is 0 Å². The summed E-state index contributed by atoms with van der Waals surface area (Å²) in [5.41, 5.74) is 1.39. The first kappa shape index (κ1) is 13.3. The summed E-state index contributed by atoms with van der Waals surface area (Å²) < 4.78 is 11.9. The highest BCUT2D eigenvalue weighted by atomic mass is 16.6. The molecule has 1 spiro atoms. The maximum absolute atomic E-state index is 9.21. The Morgan fingerprint density at radius 3 is 3.05 bits per heavy atom. The molecule has 0 aliphatic carbocycles. The van der Waals surface area contributed by atoms with E-state index in [9.17, 15) is 5.26 Å². The molecule has 1 aromatic rings. The SMILES string of the molecule is Cc1ccnc(OC2COC3(CCNCC3)C2)c1C#N. The van der Waals surface area contributed by atoms with Crippen LogP contribution in [0, 0.1) is 18.3 Å². The minimum atomic E-state index is -0.0352. The topological polar surface area (TPSA) is 67.2 Å². The molecule has 2 fully saturated rings. The van der Waals surface area contributed by atoms with E-state index in [1.807, 2.05) is 13.0 Å². The monoisotopic (exact) mass is 273 g/mol. The van der Waals surface area contributed by atoms with Crippen molar-refractivity contribution in [2.45, 2.75) is 37.9 Å². The maximum Gasteiger partial charge on any atom is 0.232 e. The molecule has 3 rings (SSSR count). The Labute approximate surface area is 118 Å². The molecule has 1 unspecified atom stereocenters. The average molecular weight is 273 g/mol. The lowest BCUT2D eigenvalue weighted by molar-refractivity contribution is -0.0205. The van der Waals surface area contributed by atoms with Crippen molar-refractivity contribution < 1.29 is 9.47 Å². The number of nitrogens with zero attached hydrogens (tertiary/aromatic N) is 2. The number of aryl methyl sites for hydroxylation is 1. The van der Waals surface area contributed by atoms with E-state index in [4.69, 9.17) is 9.47 Å². The number of pyridine rings is 1. The largest absolute Gasteiger partial charge is 0.471 e. The Kier molecular flexibility index (Phi) is 3.60. The molecule has 1 atom stereocenters. The van der Waals surface area contributed by atoms with E-state index in [1.54, 1.807) is 6.20 Å². The third kappa shape index (κ3) is 2.49. The number of piperidine rings is 1. The molecular formula is C15H19N3O2. The van der Waals surface area contributed by atoms with Crippen molar-refractivity contribution in [1.82, 2.24) is 10.3 Å². The number of nitrogens with one attached hydrogen (secondary N) is 1. The zero-order valence-corrected chi connectivity index (χ0v) is 11.7. The van der Waals surface area contributed by atoms with Gasteiger partial charge in [-0.05, 0) is 44.5 Å². The van der Waals surface area contributed by atoms with Gasteiger partial charge in [-0.3, -0.25) is 0 Å². The second kappa shape index (κ2) is 5.39. The lowest BCUT2D eigenvalue weighted by Gasteiger charge is -2.32. The zero-order valence-electron chi connectivity index (χ0n) is 11.7. The van der Waals surface area contributed by atoms with Crippen LogP contribution in [0.3, 0.4) is 0 Å². The normalized spacial score (nSPS) is 24.5. The van der Waals surface area contributed by atoms with Crippen LogP contribution in [0.1, 0.15) is 30.4 Å². The van der Waals surface area contributed by atoms with Crippen molar-refractivity contribution in [2.75, 3.05) is 19.7 Å². The molecule has 5 nitrogen and oxygen atoms in total. The van der Waals surface area contributed by atoms with E-state index in [-0.39, 0.29) is 11.7 Å². The number of rotatable bonds is 2. The van der Waals surface area contributed by atoms with E-state index in [0.29, 0.717) is 18.1 Å². The molecule has 0 saturated carbocycles. The highest BCUT2D eigenvalue weighted by Gasteiger charge is 2.42. The smallest absolute Gasteiger partial charge is 0.232 e. The first-order valence-corrected chi connectivity index (χ1v) is 7.09. The maximum atomic E-state index is 9.21. The van der Waals surface area contributed by atoms with Crippen molar-refractivity contribution in [3.05, 3.63) is 23.4 Å². The van der Waals surface area contributed by atoms with E-state index >= 15 is 0 Å². The minimum Gasteiger partial charge on any atom is -0.471 e. The number of hydrogen-bond acceptors (Lipinski definition) is 5. The summed E-state index contributed by atoms with van der Waals surface area (Å²) in [6, 6.07) is 3.99. The molecule has 5 heteroatoms. The Morgan fingerprint density at radius 2 is 2.30 bits per heavy atom. The molecule has 2 saturated heterocycles. The fourth-order valence-corrected chi connectivity index (χ4v) is 3.03. The number of nitriles is 1. The molecule has 20 heavy (non-hydrogen) atoms. The Morgan fingerprint density at radius 1 is 1.50 bits per heavy atom. The number of aromatic nitrogens is 1. The van der Waals surface area contributed by atoms with Crippen LogP contribution in [0.15, 0.2) is 12.3 Å². The predicted molar refractivity (Wildman–Crippen MR) is 73.5 cm³/mol. The molecule has 0 radical (unpaired) electrons. The van der Waals surface area contributed by atoms with Crippen LogP contribution in [-0.2, 0) is 4.74 Å². The second-order valence-corrected chi connectivity index (χ2v) is 5.61. The van der Waals surface area contributed by atoms with Gasteiger partial charge in [0.25, 0.3) is 0 Å². The van der Waals surface area contributed by atoms with Crippen LogP contribution >= 0.6 is 0 Å². The van der Waals surface area contributed by atoms with Gasteiger partial charge in [0.05, 0.1) is 12.2 Å². The summed E-state index contributed by atoms with van der Waals surface area (Å²) in [5.74, 6) is 0.437. The molecule has 2 aliphatic heterocycles. The summed E-state index contributed by atoms with van der Waals surface area (Å²) in [7, 11) is 0. The van der Waals surface area contributed by atoms with Crippen LogP contribution in [0.5, 0.6) is 5.88 Å². The van der Waals surface area contributed by atoms with Crippen LogP contribution in [0.25, 0.3) is 0 Å². The van der Waals surface area contributed by atoms with Gasteiger partial charge in [0.15, 0.2) is 0 Å². The van der Waals surface area contributed by atoms with Gasteiger partial charge in [0, 0.05) is 12.6 Å². The van der Waals surface area contributed by atoms with Gasteiger partial charge in [0.1, 0.15) is 17.7 Å². The molecule has 1 N–H and O–H groups in total. The number of hydrogen-bond donors (Lipinski definition) is 1. The highest BCUT2D eigenvalue weighted by molar-refractivity contribution is 5.43. The standard InChI is InChI=1S/C15H19N3O2/c1-11-2-5-18-14(13(11)9-16)20-12-8-15(19-10-12)3-6-17-7-4-15/h2,5,12,17H,3-4,6-8,10H2,1H3. The van der Waals surface area contributed by atoms with Crippen molar-refractivity contribution in [2.24, 2.45) is 0 Å². The minimum absolute atomic E-state index is 0.00509. The average Bonchev–Trinajstić information content (AvgIpc) is 2.82. The van der Waals surface area contributed by atoms with Crippen molar-refractivity contribution in [1.29, 1.82) is 5.26 Å². The van der Waals surface area contributed by atoms with Gasteiger partial charge < -0.3 is 14.8 Å². The van der Waals surface area contributed by atoms with Gasteiger partial charge in [-0.1, -0.05) is 0 Å². The molecule has 2 aliphatic rings. The van der Waals surface area contributed by atoms with E-state index in [2.05, 4.69) is 16.4 Å². The third-order valence-electron chi connectivity index (χ3n) is 4.20. The predicted octanol–water partition coefficient (Wildman–Crippen LogP) is 1.55. The molecule has 1 aromatic heterocycles. The summed E-state index contributed by atoms with van der Waals surface area (Å²) in [4.78, 5) is 4.19. The number of ether oxygens (including phenoxy) is 2. The molecule has 0 amide bonds. The van der Waals surface area contributed by atoms with E-state index in [1.165, 1.54) is 0 Å². The Hall–Kier alpha value is -1.64. The van der Waals surface area contributed by atoms with E-state index < -0.39 is 0 Å². The summed E-state index contributed by atoms with van der Waals surface area (Å²) in [5, 5.41) is 12.6. The first-order valence-electron chi connectivity index (χ1n) is 7.09. The molecular weight excluding hydrogens is 254 g/mol. The van der Waals surface area contributed by atoms with Crippen LogP contribution < -0.4 is 10.1 Å². The van der Waals surface area contributed by atoms with Crippen molar-refractivity contribution in [3.63, 3.8) is 0 Å². The van der Waals surface area contributed by atoms with Crippen molar-refractivity contribution >= 4 is 0 Å². The zero-order chi connectivity index (χ0) is 14.0. The molecule has 0 bridgehead atoms. The van der Waals surface area contributed by atoms with Gasteiger partial charge in [-0.15, -0.1) is 0 Å². The second-order valence-electron chi connectivity index (χ2n) is 5.61. The lowest BCUT2D eigenvalue weighted by Crippen LogP contribution is -2.41. The Balaban J connectivity index is 1.71. The summed E-state index contributed by atoms with van der Waals surface area (Å²) in [6.45, 7) is 4.48. The van der Waals surface area contributed by atoms with Crippen LogP contribution in [-0.4, -0.2) is 36.4 Å². The van der Waals surface area contributed by atoms with Gasteiger partial charge in [-0.25, -0.2) is 4.98 Å². The summed E-state index contributed by atoms with van der Waals surface area (Å²) >= 11 is 0. The fraction of sp³-hybridized carbons (Fsp3) is 0.600. The lowest BCUT2D eigenvalue weighted by atomic mass is 9.89. The van der Waals surface area contributed by atoms with Gasteiger partial charge >= 0.3 is 0 Å². The quantitative estimate of drug-likeness (QED) is 0.885. The van der Waals surface area contributed by atoms with Gasteiger partial charge in [-0.2, -0.15) is 5.26 Å². The highest BCUT2D eigenvalue weighted by Crippen LogP contribution is 2.35. The first-order chi connectivity index (χ1) is 9.72. The molecule has 106 valence electrons. The van der Waals surface area contributed by atoms with Gasteiger partial charge in [0.2, 0.25) is 5.88 Å². The fourth-order valence-electron chi connectivity index (χ4n) is 3.03. The summed E-state index contributed by atoms with van der Waals surface area (Å²) in [6.07, 6.45) is 4.62. The van der Waals surface area contributed by atoms with Crippen molar-refractivity contribution in [3.8, 4) is 11.9 Å². The third-order valence-corrected chi connectivity index (χ3v) is 4.20. The molecule has 3 heterocycles. The van der Waals surface area contributed by atoms with E-state index in [0.717, 1.165) is 37.9 Å². The Bertz CT molecular complexity index is 532. The molecule has 0 aromatic carbocycles.